The van der Waals surface area contributed by atoms with E-state index >= 15 is 0 Å². The predicted octanol–water partition coefficient (Wildman–Crippen LogP) is 3.33. The Kier molecular flexibility index (Phi) is 7.00. The van der Waals surface area contributed by atoms with Crippen molar-refractivity contribution >= 4 is 33.2 Å². The minimum absolute atomic E-state index is 0.120. The summed E-state index contributed by atoms with van der Waals surface area (Å²) >= 11 is 0. The zero-order valence-electron chi connectivity index (χ0n) is 18.2. The Labute approximate surface area is 184 Å². The zero-order valence-corrected chi connectivity index (χ0v) is 19.0. The summed E-state index contributed by atoms with van der Waals surface area (Å²) in [5, 5.41) is 2.74. The Morgan fingerprint density at radius 3 is 2.35 bits per heavy atom. The molecule has 0 aromatic heterocycles. The Morgan fingerprint density at radius 2 is 1.71 bits per heavy atom. The van der Waals surface area contributed by atoms with Crippen molar-refractivity contribution in [2.45, 2.75) is 33.1 Å². The maximum Gasteiger partial charge on any atom is 0.255 e. The first-order valence-electron chi connectivity index (χ1n) is 10.4. The fourth-order valence-corrected chi connectivity index (χ4v) is 4.75. The molecule has 0 radical (unpaired) electrons. The lowest BCUT2D eigenvalue weighted by atomic mass is 10.1. The van der Waals surface area contributed by atoms with Crippen molar-refractivity contribution < 1.29 is 18.0 Å². The number of carbonyl (C=O) groups is 2. The third-order valence-electron chi connectivity index (χ3n) is 5.38. The molecular weight excluding hydrogens is 414 g/mol. The van der Waals surface area contributed by atoms with Crippen LogP contribution in [0.5, 0.6) is 0 Å². The maximum atomic E-state index is 12.9. The number of anilines is 2. The number of benzene rings is 2. The van der Waals surface area contributed by atoms with Crippen LogP contribution < -0.4 is 9.62 Å². The van der Waals surface area contributed by atoms with Crippen LogP contribution in [0.25, 0.3) is 0 Å². The fraction of sp³-hybridized carbons (Fsp3) is 0.391. The molecule has 8 heteroatoms. The van der Waals surface area contributed by atoms with Crippen LogP contribution in [0.15, 0.2) is 42.5 Å². The van der Waals surface area contributed by atoms with Crippen molar-refractivity contribution in [2.24, 2.45) is 0 Å². The summed E-state index contributed by atoms with van der Waals surface area (Å²) < 4.78 is 25.9. The number of carbonyl (C=O) groups excluding carboxylic acids is 2. The Balaban J connectivity index is 1.81. The lowest BCUT2D eigenvalue weighted by molar-refractivity contribution is -0.114. The molecule has 166 valence electrons. The van der Waals surface area contributed by atoms with E-state index in [0.29, 0.717) is 30.0 Å². The van der Waals surface area contributed by atoms with Crippen molar-refractivity contribution in [2.75, 3.05) is 35.5 Å². The summed E-state index contributed by atoms with van der Waals surface area (Å²) in [5.74, 6) is -0.630. The van der Waals surface area contributed by atoms with Crippen LogP contribution in [-0.4, -0.2) is 51.0 Å². The van der Waals surface area contributed by atoms with Gasteiger partial charge in [0.1, 0.15) is 6.54 Å². The topological polar surface area (TPSA) is 86.8 Å². The van der Waals surface area contributed by atoms with Gasteiger partial charge in [-0.2, -0.15) is 0 Å². The highest BCUT2D eigenvalue weighted by Crippen LogP contribution is 2.24. The number of hydrogen-bond donors (Lipinski definition) is 1. The first-order valence-corrected chi connectivity index (χ1v) is 12.2. The van der Waals surface area contributed by atoms with Gasteiger partial charge in [-0.25, -0.2) is 8.42 Å². The lowest BCUT2D eigenvalue weighted by Crippen LogP contribution is -2.39. The van der Waals surface area contributed by atoms with Crippen LogP contribution in [0.3, 0.4) is 0 Å². The molecule has 2 aromatic carbocycles. The molecule has 2 amide bonds. The minimum atomic E-state index is -3.69. The van der Waals surface area contributed by atoms with Gasteiger partial charge in [-0.1, -0.05) is 29.8 Å². The number of nitrogens with one attached hydrogen (secondary N) is 1. The predicted molar refractivity (Wildman–Crippen MR) is 123 cm³/mol. The Morgan fingerprint density at radius 1 is 1.03 bits per heavy atom. The summed E-state index contributed by atoms with van der Waals surface area (Å²) in [7, 11) is -3.69. The van der Waals surface area contributed by atoms with E-state index in [1.807, 2.05) is 26.0 Å². The normalized spacial score (nSPS) is 14.2. The second kappa shape index (κ2) is 9.51. The van der Waals surface area contributed by atoms with E-state index in [-0.39, 0.29) is 12.5 Å². The third kappa shape index (κ3) is 5.64. The van der Waals surface area contributed by atoms with Crippen molar-refractivity contribution in [3.63, 3.8) is 0 Å². The number of aryl methyl sites for hydroxylation is 2. The molecule has 1 aliphatic rings. The largest absolute Gasteiger partial charge is 0.339 e. The van der Waals surface area contributed by atoms with Crippen molar-refractivity contribution in [3.8, 4) is 0 Å². The standard InChI is InChI=1S/C23H29N3O4S/c1-17-11-12-21(18(2)15-17)26(31(3,29)30)16-22(27)24-20-10-6-5-9-19(20)23(28)25-13-7-4-8-14-25/h5-6,9-12,15H,4,7-8,13-14,16H2,1-3H3,(H,24,27). The van der Waals surface area contributed by atoms with Crippen LogP contribution in [0, 0.1) is 13.8 Å². The van der Waals surface area contributed by atoms with Gasteiger partial charge < -0.3 is 10.2 Å². The van der Waals surface area contributed by atoms with E-state index in [9.17, 15) is 18.0 Å². The molecule has 7 nitrogen and oxygen atoms in total. The SMILES string of the molecule is Cc1ccc(N(CC(=O)Nc2ccccc2C(=O)N2CCCCC2)S(C)(=O)=O)c(C)c1. The average Bonchev–Trinajstić information content (AvgIpc) is 2.72. The van der Waals surface area contributed by atoms with E-state index in [0.717, 1.165) is 41.0 Å². The maximum absolute atomic E-state index is 12.9. The van der Waals surface area contributed by atoms with Crippen LogP contribution in [0.4, 0.5) is 11.4 Å². The quantitative estimate of drug-likeness (QED) is 0.742. The van der Waals surface area contributed by atoms with E-state index in [2.05, 4.69) is 5.32 Å². The van der Waals surface area contributed by atoms with Crippen molar-refractivity contribution in [1.29, 1.82) is 0 Å². The molecule has 1 fully saturated rings. The van der Waals surface area contributed by atoms with E-state index in [4.69, 9.17) is 0 Å². The number of nitrogens with zero attached hydrogens (tertiary/aromatic N) is 2. The summed E-state index contributed by atoms with van der Waals surface area (Å²) in [5.41, 5.74) is 3.02. The van der Waals surface area contributed by atoms with Crippen molar-refractivity contribution in [1.82, 2.24) is 4.90 Å². The van der Waals surface area contributed by atoms with Crippen LogP contribution in [0.1, 0.15) is 40.7 Å². The summed E-state index contributed by atoms with van der Waals surface area (Å²) in [6, 6.07) is 12.2. The molecule has 1 aliphatic heterocycles. The number of piperidine rings is 1. The summed E-state index contributed by atoms with van der Waals surface area (Å²) in [4.78, 5) is 27.6. The number of rotatable bonds is 6. The second-order valence-corrected chi connectivity index (χ2v) is 9.91. The van der Waals surface area contributed by atoms with Gasteiger partial charge in [0, 0.05) is 13.1 Å². The number of hydrogen-bond acceptors (Lipinski definition) is 4. The minimum Gasteiger partial charge on any atom is -0.339 e. The van der Waals surface area contributed by atoms with Gasteiger partial charge in [-0.3, -0.25) is 13.9 Å². The van der Waals surface area contributed by atoms with E-state index in [1.165, 1.54) is 0 Å². The summed E-state index contributed by atoms with van der Waals surface area (Å²) in [6.07, 6.45) is 4.13. The number of para-hydroxylation sites is 1. The molecular formula is C23H29N3O4S. The fourth-order valence-electron chi connectivity index (χ4n) is 3.83. The van der Waals surface area contributed by atoms with Gasteiger partial charge in [-0.05, 0) is 56.9 Å². The first-order chi connectivity index (χ1) is 14.7. The highest BCUT2D eigenvalue weighted by molar-refractivity contribution is 7.92. The number of sulfonamides is 1. The Bertz CT molecular complexity index is 1080. The smallest absolute Gasteiger partial charge is 0.255 e. The summed E-state index contributed by atoms with van der Waals surface area (Å²) in [6.45, 7) is 4.76. The highest BCUT2D eigenvalue weighted by Gasteiger charge is 2.25. The molecule has 31 heavy (non-hydrogen) atoms. The van der Waals surface area contributed by atoms with E-state index < -0.39 is 15.9 Å². The Hall–Kier alpha value is -2.87. The molecule has 1 N–H and O–H groups in total. The van der Waals surface area contributed by atoms with Gasteiger partial charge in [0.25, 0.3) is 5.91 Å². The van der Waals surface area contributed by atoms with Crippen LogP contribution >= 0.6 is 0 Å². The van der Waals surface area contributed by atoms with Gasteiger partial charge in [0.2, 0.25) is 15.9 Å². The highest BCUT2D eigenvalue weighted by atomic mass is 32.2. The van der Waals surface area contributed by atoms with Crippen LogP contribution in [-0.2, 0) is 14.8 Å². The van der Waals surface area contributed by atoms with Gasteiger partial charge >= 0.3 is 0 Å². The third-order valence-corrected chi connectivity index (χ3v) is 6.51. The van der Waals surface area contributed by atoms with E-state index in [1.54, 1.807) is 35.2 Å². The van der Waals surface area contributed by atoms with Gasteiger partial charge in [0.15, 0.2) is 0 Å². The molecule has 0 unspecified atom stereocenters. The molecule has 0 atom stereocenters. The molecule has 1 heterocycles. The molecule has 1 saturated heterocycles. The zero-order chi connectivity index (χ0) is 22.6. The number of amides is 2. The molecule has 0 spiro atoms. The second-order valence-electron chi connectivity index (χ2n) is 8.01. The van der Waals surface area contributed by atoms with Gasteiger partial charge in [0.05, 0.1) is 23.2 Å². The molecule has 0 aliphatic carbocycles. The molecule has 0 bridgehead atoms. The average molecular weight is 444 g/mol. The monoisotopic (exact) mass is 443 g/mol. The molecule has 3 rings (SSSR count). The van der Waals surface area contributed by atoms with Crippen LogP contribution in [0.2, 0.25) is 0 Å². The molecule has 2 aromatic rings. The van der Waals surface area contributed by atoms with Crippen molar-refractivity contribution in [3.05, 3.63) is 59.2 Å². The lowest BCUT2D eigenvalue weighted by Gasteiger charge is -2.28. The van der Waals surface area contributed by atoms with Gasteiger partial charge in [-0.15, -0.1) is 0 Å². The molecule has 0 saturated carbocycles. The number of likely N-dealkylation sites (tertiary alicyclic amines) is 1. The first kappa shape index (κ1) is 22.8.